The van der Waals surface area contributed by atoms with Crippen LogP contribution in [0, 0.1) is 0 Å². The topological polar surface area (TPSA) is 98.6 Å². The van der Waals surface area contributed by atoms with Gasteiger partial charge in [-0.2, -0.15) is 10.2 Å². The fourth-order valence-electron chi connectivity index (χ4n) is 2.14. The van der Waals surface area contributed by atoms with E-state index < -0.39 is 0 Å². The van der Waals surface area contributed by atoms with Crippen molar-refractivity contribution in [3.8, 4) is 11.5 Å². The van der Waals surface area contributed by atoms with Crippen molar-refractivity contribution in [2.75, 3.05) is 0 Å². The molecule has 8 nitrogen and oxygen atoms in total. The largest absolute Gasteiger partial charge is 0.457 e. The molecule has 2 heterocycles. The molecule has 0 aliphatic carbocycles. The molecule has 142 valence electrons. The molecular formula is C18H14Cl2N6O2. The molecule has 0 aliphatic heterocycles. The third kappa shape index (κ3) is 5.63. The number of aromatic nitrogens is 6. The van der Waals surface area contributed by atoms with E-state index in [-0.39, 0.29) is 12.3 Å². The van der Waals surface area contributed by atoms with Crippen LogP contribution in [0.5, 0.6) is 11.5 Å². The summed E-state index contributed by atoms with van der Waals surface area (Å²) in [6.07, 6.45) is 5.81. The van der Waals surface area contributed by atoms with Gasteiger partial charge in [-0.25, -0.2) is 14.6 Å². The van der Waals surface area contributed by atoms with Crippen molar-refractivity contribution in [3.63, 3.8) is 0 Å². The fourth-order valence-corrected chi connectivity index (χ4v) is 2.54. The number of nitrogens with one attached hydrogen (secondary N) is 1. The van der Waals surface area contributed by atoms with Crippen molar-refractivity contribution in [1.29, 1.82) is 0 Å². The van der Waals surface area contributed by atoms with Crippen LogP contribution in [0.4, 0.5) is 0 Å². The number of ketones is 1. The molecule has 0 unspecified atom stereocenters. The van der Waals surface area contributed by atoms with Gasteiger partial charge in [-0.15, -0.1) is 0 Å². The molecule has 0 spiro atoms. The molecule has 0 fully saturated rings. The van der Waals surface area contributed by atoms with Crippen molar-refractivity contribution in [1.82, 2.24) is 29.9 Å². The summed E-state index contributed by atoms with van der Waals surface area (Å²) in [6.45, 7) is 0.0805. The third-order valence-electron chi connectivity index (χ3n) is 3.39. The smallest absolute Gasteiger partial charge is 0.185 e. The Balaban J connectivity index is 0.000000391. The molecule has 0 atom stereocenters. The summed E-state index contributed by atoms with van der Waals surface area (Å²) >= 11 is 12.0. The zero-order valence-corrected chi connectivity index (χ0v) is 15.9. The molecule has 0 radical (unpaired) electrons. The van der Waals surface area contributed by atoms with Crippen LogP contribution >= 0.6 is 23.2 Å². The average Bonchev–Trinajstić information content (AvgIpc) is 3.40. The molecule has 4 rings (SSSR count). The summed E-state index contributed by atoms with van der Waals surface area (Å²) in [5, 5.41) is 10.8. The molecule has 0 saturated carbocycles. The molecule has 0 bridgehead atoms. The zero-order valence-electron chi connectivity index (χ0n) is 14.4. The van der Waals surface area contributed by atoms with Gasteiger partial charge in [0.25, 0.3) is 0 Å². The maximum Gasteiger partial charge on any atom is 0.185 e. The lowest BCUT2D eigenvalue weighted by atomic mass is 10.1. The van der Waals surface area contributed by atoms with Gasteiger partial charge in [0.2, 0.25) is 0 Å². The standard InChI is InChI=1S/C16H11Cl2N3O2.C2H3N3/c17-11-1-3-12(4-2-11)23-13-5-6-14(15(18)7-13)16(22)8-21-10-19-9-20-21;1-3-2-5-4-1/h1-7,9-10H,8H2;1-2H,(H,3,4,5). The van der Waals surface area contributed by atoms with Crippen LogP contribution in [0.15, 0.2) is 67.8 Å². The number of ether oxygens (including phenoxy) is 1. The van der Waals surface area contributed by atoms with Gasteiger partial charge in [-0.1, -0.05) is 23.2 Å². The van der Waals surface area contributed by atoms with Gasteiger partial charge < -0.3 is 4.74 Å². The maximum atomic E-state index is 12.2. The Kier molecular flexibility index (Phi) is 6.72. The Morgan fingerprint density at radius 1 is 1.04 bits per heavy atom. The van der Waals surface area contributed by atoms with Crippen molar-refractivity contribution in [3.05, 3.63) is 83.4 Å². The van der Waals surface area contributed by atoms with E-state index in [0.29, 0.717) is 27.1 Å². The SMILES string of the molecule is O=C(Cn1cncn1)c1ccc(Oc2ccc(Cl)cc2)cc1Cl.c1nc[nH]n1. The van der Waals surface area contributed by atoms with Crippen LogP contribution in [0.1, 0.15) is 10.4 Å². The first kappa shape index (κ1) is 19.5. The normalized spacial score (nSPS) is 10.1. The summed E-state index contributed by atoms with van der Waals surface area (Å²) in [7, 11) is 0. The first-order chi connectivity index (χ1) is 13.6. The van der Waals surface area contributed by atoms with E-state index in [1.807, 2.05) is 0 Å². The molecule has 2 aromatic carbocycles. The minimum absolute atomic E-state index is 0.0805. The molecule has 10 heteroatoms. The number of carbonyl (C=O) groups excluding carboxylic acids is 1. The first-order valence-electron chi connectivity index (χ1n) is 7.99. The minimum atomic E-state index is -0.154. The highest BCUT2D eigenvalue weighted by Gasteiger charge is 2.12. The van der Waals surface area contributed by atoms with E-state index in [2.05, 4.69) is 25.3 Å². The van der Waals surface area contributed by atoms with Gasteiger partial charge in [0.1, 0.15) is 43.4 Å². The number of aromatic amines is 1. The highest BCUT2D eigenvalue weighted by Crippen LogP contribution is 2.28. The Hall–Kier alpha value is -3.23. The van der Waals surface area contributed by atoms with E-state index in [4.69, 9.17) is 27.9 Å². The number of carbonyl (C=O) groups is 1. The molecule has 0 aliphatic rings. The second-order valence-corrected chi connectivity index (χ2v) is 6.21. The summed E-state index contributed by atoms with van der Waals surface area (Å²) < 4.78 is 7.11. The molecule has 2 aromatic heterocycles. The van der Waals surface area contributed by atoms with E-state index in [1.165, 1.54) is 30.0 Å². The quantitative estimate of drug-likeness (QED) is 0.492. The molecule has 4 aromatic rings. The summed E-state index contributed by atoms with van der Waals surface area (Å²) in [5.74, 6) is 1.01. The number of nitrogens with zero attached hydrogens (tertiary/aromatic N) is 5. The molecule has 0 amide bonds. The Morgan fingerprint density at radius 2 is 1.82 bits per heavy atom. The van der Waals surface area contributed by atoms with Gasteiger partial charge >= 0.3 is 0 Å². The van der Waals surface area contributed by atoms with Crippen LogP contribution < -0.4 is 4.74 Å². The predicted molar refractivity (Wildman–Crippen MR) is 104 cm³/mol. The van der Waals surface area contributed by atoms with E-state index in [9.17, 15) is 4.79 Å². The highest BCUT2D eigenvalue weighted by molar-refractivity contribution is 6.34. The predicted octanol–water partition coefficient (Wildman–Crippen LogP) is 4.06. The second kappa shape index (κ2) is 9.63. The molecule has 1 N–H and O–H groups in total. The average molecular weight is 417 g/mol. The van der Waals surface area contributed by atoms with Gasteiger partial charge in [0.05, 0.1) is 5.02 Å². The van der Waals surface area contributed by atoms with E-state index in [0.717, 1.165) is 0 Å². The van der Waals surface area contributed by atoms with Crippen LogP contribution in [0.25, 0.3) is 0 Å². The fraction of sp³-hybridized carbons (Fsp3) is 0.0556. The second-order valence-electron chi connectivity index (χ2n) is 5.37. The van der Waals surface area contributed by atoms with Gasteiger partial charge in [0.15, 0.2) is 5.78 Å². The molecule has 0 saturated heterocycles. The lowest BCUT2D eigenvalue weighted by Gasteiger charge is -2.08. The van der Waals surface area contributed by atoms with Crippen molar-refractivity contribution in [2.45, 2.75) is 6.54 Å². The molecular weight excluding hydrogens is 403 g/mol. The lowest BCUT2D eigenvalue weighted by Crippen LogP contribution is -2.11. The number of rotatable bonds is 5. The van der Waals surface area contributed by atoms with E-state index in [1.54, 1.807) is 42.5 Å². The van der Waals surface area contributed by atoms with Crippen LogP contribution in [0.2, 0.25) is 10.0 Å². The summed E-state index contributed by atoms with van der Waals surface area (Å²) in [5.41, 5.74) is 0.408. The Bertz CT molecular complexity index is 988. The number of hydrogen-bond acceptors (Lipinski definition) is 6. The molecule has 28 heavy (non-hydrogen) atoms. The number of H-pyrrole nitrogens is 1. The summed E-state index contributed by atoms with van der Waals surface area (Å²) in [4.78, 5) is 19.6. The zero-order chi connectivity index (χ0) is 19.8. The van der Waals surface area contributed by atoms with Gasteiger partial charge in [0, 0.05) is 16.7 Å². The van der Waals surface area contributed by atoms with Crippen LogP contribution in [-0.2, 0) is 6.54 Å². The summed E-state index contributed by atoms with van der Waals surface area (Å²) in [6, 6.07) is 11.9. The monoisotopic (exact) mass is 416 g/mol. The van der Waals surface area contributed by atoms with E-state index >= 15 is 0 Å². The third-order valence-corrected chi connectivity index (χ3v) is 3.96. The minimum Gasteiger partial charge on any atom is -0.457 e. The highest BCUT2D eigenvalue weighted by atomic mass is 35.5. The van der Waals surface area contributed by atoms with Gasteiger partial charge in [-0.05, 0) is 36.4 Å². The number of Topliss-reactive ketones (excluding diaryl/α,β-unsaturated/α-hetero) is 1. The lowest BCUT2D eigenvalue weighted by molar-refractivity contribution is 0.0967. The van der Waals surface area contributed by atoms with Gasteiger partial charge in [-0.3, -0.25) is 9.89 Å². The number of benzene rings is 2. The Labute approximate surface area is 170 Å². The number of hydrogen-bond donors (Lipinski definition) is 1. The number of halogens is 2. The van der Waals surface area contributed by atoms with Crippen LogP contribution in [-0.4, -0.2) is 35.7 Å². The van der Waals surface area contributed by atoms with Crippen molar-refractivity contribution in [2.24, 2.45) is 0 Å². The Morgan fingerprint density at radius 3 is 2.39 bits per heavy atom. The maximum absolute atomic E-state index is 12.2. The van der Waals surface area contributed by atoms with Crippen LogP contribution in [0.3, 0.4) is 0 Å². The van der Waals surface area contributed by atoms with Crippen molar-refractivity contribution < 1.29 is 9.53 Å². The van der Waals surface area contributed by atoms with Crippen molar-refractivity contribution >= 4 is 29.0 Å². The first-order valence-corrected chi connectivity index (χ1v) is 8.75.